The lowest BCUT2D eigenvalue weighted by Crippen LogP contribution is -2.14. The van der Waals surface area contributed by atoms with Gasteiger partial charge < -0.3 is 0 Å². The highest BCUT2D eigenvalue weighted by Crippen LogP contribution is 2.49. The molecule has 0 saturated heterocycles. The van der Waals surface area contributed by atoms with Crippen molar-refractivity contribution in [1.82, 2.24) is 0 Å². The summed E-state index contributed by atoms with van der Waals surface area (Å²) in [6, 6.07) is 33.2. The van der Waals surface area contributed by atoms with Crippen LogP contribution in [0.15, 0.2) is 116 Å². The van der Waals surface area contributed by atoms with Crippen LogP contribution < -0.4 is 0 Å². The van der Waals surface area contributed by atoms with Crippen LogP contribution in [0.4, 0.5) is 0 Å². The lowest BCUT2D eigenvalue weighted by Gasteiger charge is -2.22. The maximum absolute atomic E-state index is 4.12. The lowest BCUT2D eigenvalue weighted by atomic mass is 9.81. The number of hydrogen-bond donors (Lipinski definition) is 0. The van der Waals surface area contributed by atoms with E-state index in [4.69, 9.17) is 0 Å². The highest BCUT2D eigenvalue weighted by atomic mass is 14.4. The van der Waals surface area contributed by atoms with E-state index in [2.05, 4.69) is 125 Å². The number of fused-ring (bicyclic) bond motifs is 3. The molecule has 5 rings (SSSR count). The van der Waals surface area contributed by atoms with Gasteiger partial charge in [-0.1, -0.05) is 111 Å². The topological polar surface area (TPSA) is 0 Å². The van der Waals surface area contributed by atoms with Crippen LogP contribution in [0.3, 0.4) is 0 Å². The Morgan fingerprint density at radius 2 is 1.43 bits per heavy atom. The normalized spacial score (nSPS) is 14.0. The predicted molar refractivity (Wildman–Crippen MR) is 152 cm³/mol. The molecule has 0 fully saturated rings. The quantitative estimate of drug-likeness (QED) is 0.155. The largest absolute Gasteiger partial charge is 0.103 e. The summed E-state index contributed by atoms with van der Waals surface area (Å²) in [4.78, 5) is 0. The molecule has 4 aromatic carbocycles. The van der Waals surface area contributed by atoms with Crippen LogP contribution in [0, 0.1) is 0 Å². The molecule has 4 aromatic rings. The van der Waals surface area contributed by atoms with Gasteiger partial charge in [0.1, 0.15) is 0 Å². The van der Waals surface area contributed by atoms with E-state index in [1.54, 1.807) is 0 Å². The molecule has 1 aliphatic carbocycles. The fourth-order valence-electron chi connectivity index (χ4n) is 5.50. The molecular formula is C35H32. The second-order valence-corrected chi connectivity index (χ2v) is 9.95. The highest BCUT2D eigenvalue weighted by molar-refractivity contribution is 5.95. The molecule has 35 heavy (non-hydrogen) atoms. The summed E-state index contributed by atoms with van der Waals surface area (Å²) in [5, 5.41) is 0. The van der Waals surface area contributed by atoms with Crippen molar-refractivity contribution in [1.29, 1.82) is 0 Å². The lowest BCUT2D eigenvalue weighted by molar-refractivity contribution is 0.660. The Kier molecular flexibility index (Phi) is 5.91. The van der Waals surface area contributed by atoms with Crippen LogP contribution >= 0.6 is 0 Å². The minimum absolute atomic E-state index is 0.0113. The summed E-state index contributed by atoms with van der Waals surface area (Å²) < 4.78 is 0. The van der Waals surface area contributed by atoms with Crippen molar-refractivity contribution in [2.75, 3.05) is 0 Å². The van der Waals surface area contributed by atoms with Gasteiger partial charge in [0.15, 0.2) is 0 Å². The Labute approximate surface area is 210 Å². The Hall–Kier alpha value is -3.90. The molecule has 0 heteroatoms. The predicted octanol–water partition coefficient (Wildman–Crippen LogP) is 9.51. The zero-order chi connectivity index (χ0) is 24.6. The standard InChI is InChI=1S/C35H32/c1-6-13-25-20-28(24(3)30(7-2)26-14-9-8-10-15-26)22-29(21-25)27-18-19-32-31-16-11-12-17-33(31)35(4,5)34(32)23-27/h6-12,14-23H,1-2,13H2,3-5H3. The molecule has 172 valence electrons. The molecule has 0 amide bonds. The van der Waals surface area contributed by atoms with Gasteiger partial charge >= 0.3 is 0 Å². The van der Waals surface area contributed by atoms with Crippen molar-refractivity contribution >= 4 is 11.1 Å². The average molecular weight is 453 g/mol. The highest BCUT2D eigenvalue weighted by Gasteiger charge is 2.35. The zero-order valence-corrected chi connectivity index (χ0v) is 20.9. The molecule has 0 saturated carbocycles. The third-order valence-electron chi connectivity index (χ3n) is 7.42. The molecule has 0 atom stereocenters. The molecule has 0 unspecified atom stereocenters. The van der Waals surface area contributed by atoms with Gasteiger partial charge in [0, 0.05) is 5.41 Å². The van der Waals surface area contributed by atoms with Crippen LogP contribution in [0.5, 0.6) is 0 Å². The van der Waals surface area contributed by atoms with Crippen LogP contribution in [-0.2, 0) is 11.8 Å². The summed E-state index contributed by atoms with van der Waals surface area (Å²) in [6.07, 6.45) is 4.79. The number of hydrogen-bond acceptors (Lipinski definition) is 0. The van der Waals surface area contributed by atoms with Gasteiger partial charge in [-0.15, -0.1) is 6.58 Å². The van der Waals surface area contributed by atoms with E-state index >= 15 is 0 Å². The second-order valence-electron chi connectivity index (χ2n) is 9.95. The molecule has 0 aromatic heterocycles. The third kappa shape index (κ3) is 4.00. The molecule has 0 nitrogen and oxygen atoms in total. The first-order valence-corrected chi connectivity index (χ1v) is 12.3. The van der Waals surface area contributed by atoms with E-state index in [0.29, 0.717) is 0 Å². The smallest absolute Gasteiger partial charge is 0.0159 e. The summed E-state index contributed by atoms with van der Waals surface area (Å²) in [6.45, 7) is 15.0. The molecule has 0 heterocycles. The van der Waals surface area contributed by atoms with Crippen LogP contribution in [0.2, 0.25) is 0 Å². The van der Waals surface area contributed by atoms with Gasteiger partial charge in [-0.05, 0) is 86.7 Å². The first kappa shape index (κ1) is 22.9. The molecule has 0 bridgehead atoms. The molecule has 1 aliphatic rings. The van der Waals surface area contributed by atoms with E-state index in [-0.39, 0.29) is 5.41 Å². The van der Waals surface area contributed by atoms with E-state index in [9.17, 15) is 0 Å². The van der Waals surface area contributed by atoms with E-state index in [1.165, 1.54) is 55.6 Å². The van der Waals surface area contributed by atoms with Crippen molar-refractivity contribution in [2.45, 2.75) is 32.6 Å². The van der Waals surface area contributed by atoms with Crippen LogP contribution in [-0.4, -0.2) is 0 Å². The fourth-order valence-corrected chi connectivity index (χ4v) is 5.50. The van der Waals surface area contributed by atoms with Crippen LogP contribution in [0.25, 0.3) is 33.4 Å². The van der Waals surface area contributed by atoms with Crippen molar-refractivity contribution < 1.29 is 0 Å². The molecule has 0 N–H and O–H groups in total. The van der Waals surface area contributed by atoms with Crippen LogP contribution in [0.1, 0.15) is 48.6 Å². The monoisotopic (exact) mass is 452 g/mol. The van der Waals surface area contributed by atoms with Crippen molar-refractivity contribution in [3.63, 3.8) is 0 Å². The molecule has 0 aliphatic heterocycles. The van der Waals surface area contributed by atoms with Gasteiger partial charge in [-0.25, -0.2) is 0 Å². The fraction of sp³-hybridized carbons (Fsp3) is 0.143. The first-order valence-electron chi connectivity index (χ1n) is 12.3. The molecular weight excluding hydrogens is 420 g/mol. The van der Waals surface area contributed by atoms with E-state index in [0.717, 1.165) is 12.0 Å². The minimum Gasteiger partial charge on any atom is -0.103 e. The Bertz CT molecular complexity index is 1460. The van der Waals surface area contributed by atoms with Crippen molar-refractivity contribution in [2.24, 2.45) is 0 Å². The first-order chi connectivity index (χ1) is 16.9. The summed E-state index contributed by atoms with van der Waals surface area (Å²) in [7, 11) is 0. The Morgan fingerprint density at radius 3 is 2.17 bits per heavy atom. The maximum Gasteiger partial charge on any atom is 0.0159 e. The second kappa shape index (κ2) is 9.04. The summed E-state index contributed by atoms with van der Waals surface area (Å²) in [5.74, 6) is 0. The van der Waals surface area contributed by atoms with Gasteiger partial charge in [0.25, 0.3) is 0 Å². The van der Waals surface area contributed by atoms with Gasteiger partial charge in [-0.2, -0.15) is 0 Å². The SMILES string of the molecule is C=CCc1cc(C(C)=C(C=C)c2ccccc2)cc(-c2ccc3c(c2)C(C)(C)c2ccccc2-3)c1. The van der Waals surface area contributed by atoms with Crippen molar-refractivity contribution in [3.8, 4) is 22.3 Å². The van der Waals surface area contributed by atoms with Gasteiger partial charge in [0.2, 0.25) is 0 Å². The number of allylic oxidation sites excluding steroid dienone is 4. The summed E-state index contributed by atoms with van der Waals surface area (Å²) in [5.41, 5.74) is 14.1. The molecule has 0 spiro atoms. The summed E-state index contributed by atoms with van der Waals surface area (Å²) >= 11 is 0. The van der Waals surface area contributed by atoms with E-state index in [1.807, 2.05) is 12.2 Å². The minimum atomic E-state index is -0.0113. The van der Waals surface area contributed by atoms with Gasteiger partial charge in [-0.3, -0.25) is 0 Å². The number of benzene rings is 4. The maximum atomic E-state index is 4.12. The molecule has 0 radical (unpaired) electrons. The number of rotatable bonds is 6. The van der Waals surface area contributed by atoms with Crippen molar-refractivity contribution in [3.05, 3.63) is 144 Å². The Morgan fingerprint density at radius 1 is 0.714 bits per heavy atom. The Balaban J connectivity index is 1.66. The average Bonchev–Trinajstić information content (AvgIpc) is 3.11. The third-order valence-corrected chi connectivity index (χ3v) is 7.42. The van der Waals surface area contributed by atoms with Gasteiger partial charge in [0.05, 0.1) is 0 Å². The van der Waals surface area contributed by atoms with E-state index < -0.39 is 0 Å². The zero-order valence-electron chi connectivity index (χ0n) is 20.9.